The first-order chi connectivity index (χ1) is 22.6. The van der Waals surface area contributed by atoms with Gasteiger partial charge in [0.25, 0.3) is 10.0 Å². The second kappa shape index (κ2) is 15.6. The van der Waals surface area contributed by atoms with E-state index in [1.54, 1.807) is 53.4 Å². The van der Waals surface area contributed by atoms with Crippen molar-refractivity contribution in [3.63, 3.8) is 0 Å². The molecule has 0 heterocycles. The summed E-state index contributed by atoms with van der Waals surface area (Å²) >= 11 is 6.17. The van der Waals surface area contributed by atoms with Gasteiger partial charge in [-0.25, -0.2) is 8.42 Å². The molecule has 0 bridgehead atoms. The topological polar surface area (TPSA) is 86.8 Å². The third kappa shape index (κ3) is 8.82. The van der Waals surface area contributed by atoms with Gasteiger partial charge in [0.15, 0.2) is 0 Å². The van der Waals surface area contributed by atoms with Gasteiger partial charge in [-0.05, 0) is 79.8 Å². The highest BCUT2D eigenvalue weighted by atomic mass is 35.5. The minimum absolute atomic E-state index is 0.0393. The van der Waals surface area contributed by atoms with Crippen LogP contribution < -0.4 is 9.62 Å². The predicted octanol–water partition coefficient (Wildman–Crippen LogP) is 7.24. The lowest BCUT2D eigenvalue weighted by Gasteiger charge is -2.35. The standard InChI is InChI=1S/C38H42ClN3O4S/c1-28-17-23-35(24-18-28)47(45,46)42(34-21-19-32(39)20-22-34)27-37(43)41(26-31-14-10-9-11-29(31)2)36(25-30-12-5-3-6-13-30)38(44)40-33-15-7-4-8-16-33/h3,5-6,9-14,17-24,33,36H,4,7-8,15-16,25-27H2,1-2H3,(H,40,44)/t36-/m1/s1. The Hall–Kier alpha value is -4.14. The van der Waals surface area contributed by atoms with E-state index in [0.29, 0.717) is 10.7 Å². The van der Waals surface area contributed by atoms with Crippen LogP contribution in [0.4, 0.5) is 5.69 Å². The minimum atomic E-state index is -4.18. The lowest BCUT2D eigenvalue weighted by molar-refractivity contribution is -0.140. The summed E-state index contributed by atoms with van der Waals surface area (Å²) < 4.78 is 29.5. The monoisotopic (exact) mass is 671 g/mol. The van der Waals surface area contributed by atoms with Gasteiger partial charge in [0.1, 0.15) is 12.6 Å². The molecular weight excluding hydrogens is 630 g/mol. The highest BCUT2D eigenvalue weighted by Crippen LogP contribution is 2.27. The molecule has 1 aliphatic rings. The van der Waals surface area contributed by atoms with E-state index in [1.807, 2.05) is 68.4 Å². The number of nitrogens with zero attached hydrogens (tertiary/aromatic N) is 2. The molecular formula is C38H42ClN3O4S. The summed E-state index contributed by atoms with van der Waals surface area (Å²) in [5.41, 5.74) is 3.96. The number of halogens is 1. The van der Waals surface area contributed by atoms with Gasteiger partial charge in [-0.3, -0.25) is 13.9 Å². The number of aryl methyl sites for hydroxylation is 2. The fourth-order valence-corrected chi connectivity index (χ4v) is 7.58. The Labute approximate surface area is 283 Å². The molecule has 47 heavy (non-hydrogen) atoms. The number of nitrogens with one attached hydrogen (secondary N) is 1. The van der Waals surface area contributed by atoms with Gasteiger partial charge < -0.3 is 10.2 Å². The van der Waals surface area contributed by atoms with Crippen molar-refractivity contribution < 1.29 is 18.0 Å². The molecule has 1 saturated carbocycles. The number of hydrogen-bond donors (Lipinski definition) is 1. The number of hydrogen-bond acceptors (Lipinski definition) is 4. The Morgan fingerprint density at radius 1 is 0.830 bits per heavy atom. The smallest absolute Gasteiger partial charge is 0.264 e. The fraction of sp³-hybridized carbons (Fsp3) is 0.316. The van der Waals surface area contributed by atoms with Crippen molar-refractivity contribution in [1.82, 2.24) is 10.2 Å². The van der Waals surface area contributed by atoms with Gasteiger partial charge in [0, 0.05) is 24.0 Å². The third-order valence-electron chi connectivity index (χ3n) is 8.83. The van der Waals surface area contributed by atoms with Crippen molar-refractivity contribution in [3.8, 4) is 0 Å². The first kappa shape index (κ1) is 34.2. The quantitative estimate of drug-likeness (QED) is 0.172. The van der Waals surface area contributed by atoms with Crippen LogP contribution in [0.5, 0.6) is 0 Å². The van der Waals surface area contributed by atoms with E-state index < -0.39 is 28.5 Å². The molecule has 5 rings (SSSR count). The summed E-state index contributed by atoms with van der Waals surface area (Å²) in [4.78, 5) is 30.5. The molecule has 4 aromatic rings. The summed E-state index contributed by atoms with van der Waals surface area (Å²) in [6.45, 7) is 3.48. The van der Waals surface area contributed by atoms with Crippen LogP contribution in [0.2, 0.25) is 5.02 Å². The molecule has 0 unspecified atom stereocenters. The lowest BCUT2D eigenvalue weighted by atomic mass is 9.94. The molecule has 2 amide bonds. The van der Waals surface area contributed by atoms with E-state index in [-0.39, 0.29) is 29.8 Å². The molecule has 246 valence electrons. The predicted molar refractivity (Wildman–Crippen MR) is 188 cm³/mol. The number of carbonyl (C=O) groups excluding carboxylic acids is 2. The van der Waals surface area contributed by atoms with Gasteiger partial charge >= 0.3 is 0 Å². The zero-order valence-electron chi connectivity index (χ0n) is 26.9. The van der Waals surface area contributed by atoms with E-state index in [4.69, 9.17) is 11.6 Å². The maximum atomic E-state index is 14.7. The minimum Gasteiger partial charge on any atom is -0.352 e. The number of amides is 2. The van der Waals surface area contributed by atoms with Gasteiger partial charge in [-0.15, -0.1) is 0 Å². The maximum Gasteiger partial charge on any atom is 0.264 e. The number of anilines is 1. The fourth-order valence-electron chi connectivity index (χ4n) is 6.04. The van der Waals surface area contributed by atoms with E-state index in [2.05, 4.69) is 5.32 Å². The molecule has 0 aliphatic heterocycles. The number of sulfonamides is 1. The molecule has 0 radical (unpaired) electrons. The van der Waals surface area contributed by atoms with Crippen LogP contribution in [-0.4, -0.2) is 43.8 Å². The van der Waals surface area contributed by atoms with E-state index >= 15 is 0 Å². The van der Waals surface area contributed by atoms with Crippen LogP contribution >= 0.6 is 11.6 Å². The highest BCUT2D eigenvalue weighted by molar-refractivity contribution is 7.92. The normalized spacial score (nSPS) is 14.3. The zero-order valence-corrected chi connectivity index (χ0v) is 28.5. The summed E-state index contributed by atoms with van der Waals surface area (Å²) in [7, 11) is -4.18. The molecule has 1 fully saturated rings. The van der Waals surface area contributed by atoms with Crippen LogP contribution in [0.15, 0.2) is 108 Å². The molecule has 1 aliphatic carbocycles. The van der Waals surface area contributed by atoms with Crippen LogP contribution in [-0.2, 0) is 32.6 Å². The molecule has 0 saturated heterocycles. The number of benzene rings is 4. The van der Waals surface area contributed by atoms with E-state index in [0.717, 1.165) is 58.7 Å². The Morgan fingerprint density at radius 3 is 2.13 bits per heavy atom. The van der Waals surface area contributed by atoms with Gasteiger partial charge in [-0.2, -0.15) is 0 Å². The van der Waals surface area contributed by atoms with Crippen LogP contribution in [0, 0.1) is 13.8 Å². The van der Waals surface area contributed by atoms with Crippen molar-refractivity contribution in [1.29, 1.82) is 0 Å². The molecule has 1 atom stereocenters. The average molecular weight is 672 g/mol. The van der Waals surface area contributed by atoms with E-state index in [9.17, 15) is 18.0 Å². The largest absolute Gasteiger partial charge is 0.352 e. The molecule has 1 N–H and O–H groups in total. The number of carbonyl (C=O) groups is 2. The average Bonchev–Trinajstić information content (AvgIpc) is 3.07. The molecule has 9 heteroatoms. The molecule has 7 nitrogen and oxygen atoms in total. The van der Waals surface area contributed by atoms with E-state index in [1.165, 1.54) is 0 Å². The first-order valence-corrected chi connectivity index (χ1v) is 18.0. The van der Waals surface area contributed by atoms with Gasteiger partial charge in [0.05, 0.1) is 10.6 Å². The summed E-state index contributed by atoms with van der Waals surface area (Å²) in [5.74, 6) is -0.722. The van der Waals surface area contributed by atoms with Crippen molar-refractivity contribution in [2.24, 2.45) is 0 Å². The lowest BCUT2D eigenvalue weighted by Crippen LogP contribution is -2.55. The van der Waals surface area contributed by atoms with Crippen molar-refractivity contribution in [3.05, 3.63) is 130 Å². The maximum absolute atomic E-state index is 14.7. The SMILES string of the molecule is Cc1ccc(S(=O)(=O)N(CC(=O)N(Cc2ccccc2C)[C@H](Cc2ccccc2)C(=O)NC2CCCCC2)c2ccc(Cl)cc2)cc1. The Balaban J connectivity index is 1.56. The first-order valence-electron chi connectivity index (χ1n) is 16.1. The second-order valence-electron chi connectivity index (χ2n) is 12.3. The molecule has 4 aromatic carbocycles. The highest BCUT2D eigenvalue weighted by Gasteiger charge is 2.35. The van der Waals surface area contributed by atoms with Crippen LogP contribution in [0.25, 0.3) is 0 Å². The third-order valence-corrected chi connectivity index (χ3v) is 10.9. The van der Waals surface area contributed by atoms with Crippen molar-refractivity contribution in [2.75, 3.05) is 10.8 Å². The summed E-state index contributed by atoms with van der Waals surface area (Å²) in [6, 6.07) is 29.4. The molecule has 0 spiro atoms. The van der Waals surface area contributed by atoms with Gasteiger partial charge in [0.2, 0.25) is 11.8 Å². The molecule has 0 aromatic heterocycles. The zero-order chi connectivity index (χ0) is 33.4. The van der Waals surface area contributed by atoms with Gasteiger partial charge in [-0.1, -0.05) is 103 Å². The van der Waals surface area contributed by atoms with Crippen LogP contribution in [0.3, 0.4) is 0 Å². The van der Waals surface area contributed by atoms with Crippen molar-refractivity contribution in [2.45, 2.75) is 75.9 Å². The number of rotatable bonds is 12. The van der Waals surface area contributed by atoms with Crippen LogP contribution in [0.1, 0.15) is 54.4 Å². The summed E-state index contributed by atoms with van der Waals surface area (Å²) in [5, 5.41) is 3.69. The second-order valence-corrected chi connectivity index (χ2v) is 14.6. The Kier molecular flexibility index (Phi) is 11.4. The Bertz CT molecular complexity index is 1760. The Morgan fingerprint density at radius 2 is 1.47 bits per heavy atom. The summed E-state index contributed by atoms with van der Waals surface area (Å²) in [6.07, 6.45) is 5.32. The van der Waals surface area contributed by atoms with Crippen molar-refractivity contribution >= 4 is 39.1 Å².